The van der Waals surface area contributed by atoms with Crippen LogP contribution in [-0.2, 0) is 0 Å². The van der Waals surface area contributed by atoms with E-state index in [0.29, 0.717) is 13.1 Å². The van der Waals surface area contributed by atoms with Crippen molar-refractivity contribution >= 4 is 0 Å². The number of hydrogen-bond donors (Lipinski definition) is 4. The monoisotopic (exact) mass is 473 g/mol. The summed E-state index contributed by atoms with van der Waals surface area (Å²) < 4.78 is 0. The SMILES string of the molecule is CCCCCCCCCCCCCCCCCCCCCCN(CC(O)CO)CC(O)CO. The van der Waals surface area contributed by atoms with Crippen molar-refractivity contribution in [3.8, 4) is 0 Å². The predicted molar refractivity (Wildman–Crippen MR) is 141 cm³/mol. The van der Waals surface area contributed by atoms with Gasteiger partial charge in [0.25, 0.3) is 0 Å². The van der Waals surface area contributed by atoms with Gasteiger partial charge in [-0.1, -0.05) is 129 Å². The van der Waals surface area contributed by atoms with Gasteiger partial charge in [-0.25, -0.2) is 0 Å². The summed E-state index contributed by atoms with van der Waals surface area (Å²) in [6, 6.07) is 0. The summed E-state index contributed by atoms with van der Waals surface area (Å²) in [6.07, 6.45) is 25.7. The molecule has 0 aromatic heterocycles. The second kappa shape index (κ2) is 26.4. The average Bonchev–Trinajstić information content (AvgIpc) is 2.82. The van der Waals surface area contributed by atoms with Gasteiger partial charge in [-0.05, 0) is 13.0 Å². The van der Waals surface area contributed by atoms with Gasteiger partial charge in [0.05, 0.1) is 25.4 Å². The summed E-state index contributed by atoms with van der Waals surface area (Å²) in [5, 5.41) is 37.3. The highest BCUT2D eigenvalue weighted by molar-refractivity contribution is 4.68. The minimum absolute atomic E-state index is 0.273. The molecule has 0 rings (SSSR count). The molecule has 33 heavy (non-hydrogen) atoms. The molecule has 2 atom stereocenters. The first-order valence-corrected chi connectivity index (χ1v) is 14.4. The number of hydrogen-bond acceptors (Lipinski definition) is 5. The Morgan fingerprint density at radius 3 is 1.00 bits per heavy atom. The Hall–Kier alpha value is -0.200. The largest absolute Gasteiger partial charge is 0.394 e. The summed E-state index contributed by atoms with van der Waals surface area (Å²) in [6.45, 7) is 3.20. The Morgan fingerprint density at radius 2 is 0.727 bits per heavy atom. The molecular formula is C28H59NO4. The van der Waals surface area contributed by atoms with Crippen molar-refractivity contribution in [2.45, 2.75) is 148 Å². The first-order valence-electron chi connectivity index (χ1n) is 14.4. The maximum Gasteiger partial charge on any atom is 0.0897 e. The van der Waals surface area contributed by atoms with E-state index in [-0.39, 0.29) is 13.2 Å². The molecule has 4 N–H and O–H groups in total. The topological polar surface area (TPSA) is 84.2 Å². The standard InChI is InChI=1S/C28H59NO4/c1-2-3-4-5-6-7-8-9-10-11-12-13-14-15-16-17-18-19-20-21-22-29(23-27(32)25-30)24-28(33)26-31/h27-28,30-33H,2-26H2,1H3. The predicted octanol–water partition coefficient (Wildman–Crippen LogP) is 5.82. The Morgan fingerprint density at radius 1 is 0.455 bits per heavy atom. The Kier molecular flexibility index (Phi) is 26.2. The lowest BCUT2D eigenvalue weighted by molar-refractivity contribution is 0.0228. The molecule has 0 amide bonds. The molecule has 0 bridgehead atoms. The zero-order valence-electron chi connectivity index (χ0n) is 22.1. The quantitative estimate of drug-likeness (QED) is 0.113. The van der Waals surface area contributed by atoms with E-state index in [4.69, 9.17) is 10.2 Å². The molecule has 5 nitrogen and oxygen atoms in total. The molecule has 0 aliphatic rings. The molecule has 0 spiro atoms. The smallest absolute Gasteiger partial charge is 0.0897 e. The van der Waals surface area contributed by atoms with E-state index in [2.05, 4.69) is 6.92 Å². The number of unbranched alkanes of at least 4 members (excludes halogenated alkanes) is 19. The number of aliphatic hydroxyl groups is 4. The number of nitrogens with zero attached hydrogens (tertiary/aromatic N) is 1. The molecular weight excluding hydrogens is 414 g/mol. The fourth-order valence-electron chi connectivity index (χ4n) is 4.56. The molecule has 0 saturated carbocycles. The molecule has 5 heteroatoms. The normalized spacial score (nSPS) is 13.6. The van der Waals surface area contributed by atoms with Gasteiger partial charge in [-0.3, -0.25) is 4.90 Å². The van der Waals surface area contributed by atoms with Crippen LogP contribution in [0.25, 0.3) is 0 Å². The van der Waals surface area contributed by atoms with Gasteiger partial charge < -0.3 is 20.4 Å². The molecule has 0 aromatic carbocycles. The van der Waals surface area contributed by atoms with Crippen molar-refractivity contribution in [3.05, 3.63) is 0 Å². The van der Waals surface area contributed by atoms with E-state index in [1.807, 2.05) is 4.90 Å². The molecule has 200 valence electrons. The highest BCUT2D eigenvalue weighted by Crippen LogP contribution is 2.15. The van der Waals surface area contributed by atoms with Crippen molar-refractivity contribution in [2.75, 3.05) is 32.8 Å². The van der Waals surface area contributed by atoms with E-state index in [9.17, 15) is 10.2 Å². The first kappa shape index (κ1) is 32.8. The molecule has 2 unspecified atom stereocenters. The van der Waals surface area contributed by atoms with Gasteiger partial charge in [0.15, 0.2) is 0 Å². The third-order valence-electron chi connectivity index (χ3n) is 6.69. The summed E-state index contributed by atoms with van der Waals surface area (Å²) in [5.41, 5.74) is 0. The fourth-order valence-corrected chi connectivity index (χ4v) is 4.56. The summed E-state index contributed by atoms with van der Waals surface area (Å²) in [4.78, 5) is 1.94. The minimum Gasteiger partial charge on any atom is -0.394 e. The van der Waals surface area contributed by atoms with E-state index in [1.165, 1.54) is 116 Å². The Balaban J connectivity index is 3.36. The summed E-state index contributed by atoms with van der Waals surface area (Å²) in [5.74, 6) is 0. The third kappa shape index (κ3) is 24.7. The van der Waals surface area contributed by atoms with Crippen LogP contribution in [-0.4, -0.2) is 70.4 Å². The minimum atomic E-state index is -0.791. The highest BCUT2D eigenvalue weighted by Gasteiger charge is 2.14. The molecule has 0 fully saturated rings. The van der Waals surface area contributed by atoms with Crippen LogP contribution in [0, 0.1) is 0 Å². The zero-order valence-corrected chi connectivity index (χ0v) is 22.1. The summed E-state index contributed by atoms with van der Waals surface area (Å²) in [7, 11) is 0. The fraction of sp³-hybridized carbons (Fsp3) is 1.00. The maximum absolute atomic E-state index is 9.64. The van der Waals surface area contributed by atoms with Gasteiger partial charge in [-0.15, -0.1) is 0 Å². The van der Waals surface area contributed by atoms with Crippen LogP contribution in [0.15, 0.2) is 0 Å². The van der Waals surface area contributed by atoms with Crippen LogP contribution in [0.3, 0.4) is 0 Å². The van der Waals surface area contributed by atoms with Crippen molar-refractivity contribution in [2.24, 2.45) is 0 Å². The van der Waals surface area contributed by atoms with Crippen LogP contribution in [0.1, 0.15) is 135 Å². The lowest BCUT2D eigenvalue weighted by Gasteiger charge is -2.26. The first-order chi connectivity index (χ1) is 16.1. The van der Waals surface area contributed by atoms with Crippen molar-refractivity contribution in [1.82, 2.24) is 4.90 Å². The lowest BCUT2D eigenvalue weighted by atomic mass is 10.0. The molecule has 0 radical (unpaired) electrons. The number of aliphatic hydroxyl groups excluding tert-OH is 4. The summed E-state index contributed by atoms with van der Waals surface area (Å²) >= 11 is 0. The van der Waals surface area contributed by atoms with E-state index < -0.39 is 12.2 Å². The molecule has 0 saturated heterocycles. The van der Waals surface area contributed by atoms with Crippen molar-refractivity contribution in [1.29, 1.82) is 0 Å². The maximum atomic E-state index is 9.64. The molecule has 0 aliphatic carbocycles. The van der Waals surface area contributed by atoms with Gasteiger partial charge in [-0.2, -0.15) is 0 Å². The third-order valence-corrected chi connectivity index (χ3v) is 6.69. The van der Waals surface area contributed by atoms with Crippen LogP contribution < -0.4 is 0 Å². The Labute approximate surface area is 206 Å². The van der Waals surface area contributed by atoms with Crippen LogP contribution in [0.5, 0.6) is 0 Å². The van der Waals surface area contributed by atoms with Crippen LogP contribution in [0.2, 0.25) is 0 Å². The second-order valence-electron chi connectivity index (χ2n) is 10.1. The van der Waals surface area contributed by atoms with Crippen molar-refractivity contribution < 1.29 is 20.4 Å². The van der Waals surface area contributed by atoms with Gasteiger partial charge in [0.2, 0.25) is 0 Å². The van der Waals surface area contributed by atoms with Gasteiger partial charge >= 0.3 is 0 Å². The lowest BCUT2D eigenvalue weighted by Crippen LogP contribution is -2.40. The van der Waals surface area contributed by atoms with Crippen LogP contribution in [0.4, 0.5) is 0 Å². The zero-order chi connectivity index (χ0) is 24.4. The van der Waals surface area contributed by atoms with E-state index in [0.717, 1.165) is 19.4 Å². The van der Waals surface area contributed by atoms with Crippen LogP contribution >= 0.6 is 0 Å². The highest BCUT2D eigenvalue weighted by atomic mass is 16.3. The second-order valence-corrected chi connectivity index (χ2v) is 10.1. The van der Waals surface area contributed by atoms with Crippen molar-refractivity contribution in [3.63, 3.8) is 0 Å². The van der Waals surface area contributed by atoms with Gasteiger partial charge in [0.1, 0.15) is 0 Å². The Bertz CT molecular complexity index is 358. The average molecular weight is 474 g/mol. The van der Waals surface area contributed by atoms with Gasteiger partial charge in [0, 0.05) is 13.1 Å². The van der Waals surface area contributed by atoms with E-state index >= 15 is 0 Å². The molecule has 0 aliphatic heterocycles. The number of rotatable bonds is 27. The molecule has 0 aromatic rings. The van der Waals surface area contributed by atoms with E-state index in [1.54, 1.807) is 0 Å². The molecule has 0 heterocycles.